The van der Waals surface area contributed by atoms with Crippen molar-refractivity contribution in [2.45, 2.75) is 24.9 Å². The monoisotopic (exact) mass is 277 g/mol. The summed E-state index contributed by atoms with van der Waals surface area (Å²) in [7, 11) is 0. The number of rotatable bonds is 1. The highest BCUT2D eigenvalue weighted by Gasteiger charge is 2.58. The van der Waals surface area contributed by atoms with Crippen LogP contribution in [0, 0.1) is 46.3 Å². The van der Waals surface area contributed by atoms with Crippen LogP contribution in [0.25, 0.3) is 0 Å². The summed E-state index contributed by atoms with van der Waals surface area (Å²) in [6, 6.07) is 14.9. The molecule has 3 aliphatic carbocycles. The molecular formula is C16H15N5. The van der Waals surface area contributed by atoms with E-state index in [0.717, 1.165) is 18.5 Å². The first kappa shape index (κ1) is 12.3. The van der Waals surface area contributed by atoms with Crippen LogP contribution in [0.2, 0.25) is 0 Å². The largest absolute Gasteiger partial charge is 0.242 e. The molecule has 0 aromatic heterocycles. The van der Waals surface area contributed by atoms with Gasteiger partial charge in [0.1, 0.15) is 0 Å². The number of nitrogens with zero attached hydrogens (tertiary/aromatic N) is 5. The number of anilines is 1. The van der Waals surface area contributed by atoms with E-state index in [1.165, 1.54) is 0 Å². The second kappa shape index (κ2) is 4.56. The maximum absolute atomic E-state index is 9.51. The number of fused-ring (bicyclic) bond motifs is 2. The minimum Gasteiger partial charge on any atom is -0.242 e. The highest BCUT2D eigenvalue weighted by atomic mass is 15.6. The Kier molecular flexibility index (Phi) is 2.68. The van der Waals surface area contributed by atoms with Gasteiger partial charge in [-0.05, 0) is 25.0 Å². The lowest BCUT2D eigenvalue weighted by Crippen LogP contribution is -2.58. The van der Waals surface area contributed by atoms with Crippen molar-refractivity contribution in [1.29, 1.82) is 10.5 Å². The molecule has 5 rings (SSSR count). The average molecular weight is 277 g/mol. The van der Waals surface area contributed by atoms with E-state index in [0.29, 0.717) is 0 Å². The van der Waals surface area contributed by atoms with Gasteiger partial charge >= 0.3 is 0 Å². The minimum atomic E-state index is -0.190. The van der Waals surface area contributed by atoms with E-state index in [1.54, 1.807) is 0 Å². The van der Waals surface area contributed by atoms with Crippen molar-refractivity contribution >= 4 is 5.69 Å². The molecule has 0 N–H and O–H groups in total. The van der Waals surface area contributed by atoms with E-state index in [2.05, 4.69) is 22.5 Å². The van der Waals surface area contributed by atoms with Crippen molar-refractivity contribution in [3.05, 3.63) is 30.3 Å². The third-order valence-corrected chi connectivity index (χ3v) is 5.25. The molecule has 3 saturated carbocycles. The third kappa shape index (κ3) is 1.61. The molecule has 0 spiro atoms. The van der Waals surface area contributed by atoms with Crippen LogP contribution in [0.5, 0.6) is 0 Å². The molecule has 0 amide bonds. The van der Waals surface area contributed by atoms with Crippen molar-refractivity contribution < 1.29 is 0 Å². The predicted octanol–water partition coefficient (Wildman–Crippen LogP) is 2.93. The van der Waals surface area contributed by atoms with E-state index in [4.69, 9.17) is 0 Å². The van der Waals surface area contributed by atoms with Crippen LogP contribution in [-0.4, -0.2) is 12.1 Å². The molecule has 5 heteroatoms. The molecule has 5 nitrogen and oxygen atoms in total. The summed E-state index contributed by atoms with van der Waals surface area (Å²) in [5.74, 6) is -0.0219. The average Bonchev–Trinajstić information content (AvgIpc) is 3.01. The molecule has 1 aromatic carbocycles. The Balaban J connectivity index is 1.73. The Hall–Kier alpha value is -2.40. The zero-order valence-electron chi connectivity index (χ0n) is 11.5. The lowest BCUT2D eigenvalue weighted by Gasteiger charge is -2.50. The fraction of sp³-hybridized carbons (Fsp3) is 0.500. The summed E-state index contributed by atoms with van der Waals surface area (Å²) in [4.78, 5) is 0. The molecule has 0 radical (unpaired) electrons. The van der Waals surface area contributed by atoms with Gasteiger partial charge in [0.05, 0.1) is 41.7 Å². The summed E-state index contributed by atoms with van der Waals surface area (Å²) in [5.41, 5.74) is 1.02. The van der Waals surface area contributed by atoms with Gasteiger partial charge in [0.25, 0.3) is 0 Å². The quantitative estimate of drug-likeness (QED) is 0.792. The SMILES string of the molecule is N#C[C@@H]1[C@H](C#N)[C@@H]2CC[C@H]1[C@@H]1N=NN(c3ccccc3)[C@@H]21. The van der Waals surface area contributed by atoms with E-state index in [1.807, 2.05) is 35.3 Å². The number of benzene rings is 1. The molecule has 0 saturated heterocycles. The summed E-state index contributed by atoms with van der Waals surface area (Å²) in [5, 5.41) is 29.7. The number of nitriles is 2. The van der Waals surface area contributed by atoms with Crippen molar-refractivity contribution in [2.24, 2.45) is 34.0 Å². The molecule has 2 bridgehead atoms. The van der Waals surface area contributed by atoms with Crippen molar-refractivity contribution in [3.8, 4) is 12.1 Å². The first-order valence-corrected chi connectivity index (χ1v) is 7.39. The second-order valence-electron chi connectivity index (χ2n) is 6.08. The van der Waals surface area contributed by atoms with Gasteiger partial charge in [0.2, 0.25) is 0 Å². The number of para-hydroxylation sites is 1. The van der Waals surface area contributed by atoms with Crippen LogP contribution in [0.15, 0.2) is 40.7 Å². The van der Waals surface area contributed by atoms with Gasteiger partial charge in [-0.1, -0.05) is 23.4 Å². The van der Waals surface area contributed by atoms with Gasteiger partial charge in [-0.2, -0.15) is 15.6 Å². The first-order valence-electron chi connectivity index (χ1n) is 7.39. The van der Waals surface area contributed by atoms with E-state index in [-0.39, 0.29) is 35.8 Å². The van der Waals surface area contributed by atoms with E-state index >= 15 is 0 Å². The minimum absolute atomic E-state index is 0.0678. The van der Waals surface area contributed by atoms with Gasteiger partial charge in [0.15, 0.2) is 0 Å². The molecule has 4 aliphatic rings. The third-order valence-electron chi connectivity index (χ3n) is 5.25. The molecule has 21 heavy (non-hydrogen) atoms. The molecule has 1 aliphatic heterocycles. The summed E-state index contributed by atoms with van der Waals surface area (Å²) in [6.07, 6.45) is 1.99. The Bertz CT molecular complexity index is 655. The zero-order valence-corrected chi connectivity index (χ0v) is 11.5. The lowest BCUT2D eigenvalue weighted by molar-refractivity contribution is 0.0525. The molecular weight excluding hydrogens is 262 g/mol. The molecule has 104 valence electrons. The van der Waals surface area contributed by atoms with Crippen LogP contribution in [-0.2, 0) is 0 Å². The van der Waals surface area contributed by atoms with Crippen LogP contribution in [0.4, 0.5) is 5.69 Å². The molecule has 1 heterocycles. The summed E-state index contributed by atoms with van der Waals surface area (Å²) in [6.45, 7) is 0. The van der Waals surface area contributed by atoms with Gasteiger partial charge in [-0.25, -0.2) is 5.01 Å². The van der Waals surface area contributed by atoms with Gasteiger partial charge in [-0.3, -0.25) is 0 Å². The number of hydrogen-bond donors (Lipinski definition) is 0. The van der Waals surface area contributed by atoms with Gasteiger partial charge < -0.3 is 0 Å². The molecule has 0 unspecified atom stereocenters. The smallest absolute Gasteiger partial charge is 0.0998 e. The Morgan fingerprint density at radius 1 is 1.00 bits per heavy atom. The van der Waals surface area contributed by atoms with Crippen molar-refractivity contribution in [1.82, 2.24) is 0 Å². The van der Waals surface area contributed by atoms with Crippen LogP contribution in [0.1, 0.15) is 12.8 Å². The fourth-order valence-corrected chi connectivity index (χ4v) is 4.36. The highest BCUT2D eigenvalue weighted by molar-refractivity contribution is 5.48. The van der Waals surface area contributed by atoms with Crippen molar-refractivity contribution in [2.75, 3.05) is 5.01 Å². The zero-order chi connectivity index (χ0) is 14.4. The number of hydrogen-bond acceptors (Lipinski definition) is 5. The normalized spacial score (nSPS) is 39.6. The highest BCUT2D eigenvalue weighted by Crippen LogP contribution is 2.53. The maximum Gasteiger partial charge on any atom is 0.0998 e. The van der Waals surface area contributed by atoms with E-state index < -0.39 is 0 Å². The van der Waals surface area contributed by atoms with Crippen molar-refractivity contribution in [3.63, 3.8) is 0 Å². The summed E-state index contributed by atoms with van der Waals surface area (Å²) < 4.78 is 0. The molecule has 1 aromatic rings. The first-order chi connectivity index (χ1) is 10.3. The van der Waals surface area contributed by atoms with E-state index in [9.17, 15) is 10.5 Å². The Morgan fingerprint density at radius 3 is 2.38 bits per heavy atom. The van der Waals surface area contributed by atoms with Gasteiger partial charge in [-0.15, -0.1) is 0 Å². The second-order valence-corrected chi connectivity index (χ2v) is 6.08. The Labute approximate surface area is 123 Å². The van der Waals surface area contributed by atoms with Crippen LogP contribution in [0.3, 0.4) is 0 Å². The van der Waals surface area contributed by atoms with Crippen LogP contribution >= 0.6 is 0 Å². The Morgan fingerprint density at radius 2 is 1.67 bits per heavy atom. The van der Waals surface area contributed by atoms with Gasteiger partial charge in [0, 0.05) is 11.8 Å². The molecule has 6 atom stereocenters. The predicted molar refractivity (Wildman–Crippen MR) is 75.8 cm³/mol. The summed E-state index contributed by atoms with van der Waals surface area (Å²) >= 11 is 0. The van der Waals surface area contributed by atoms with Crippen LogP contribution < -0.4 is 5.01 Å². The molecule has 3 fully saturated rings. The topological polar surface area (TPSA) is 75.5 Å². The maximum atomic E-state index is 9.51. The standard InChI is InChI=1S/C16H15N5/c17-8-13-11-6-7-12(14(13)9-18)16-15(11)19-20-21(16)10-4-2-1-3-5-10/h1-5,11-16H,6-7H2/t11-,12+,13+,14-,15+,16+/m1/s1. The fourth-order valence-electron chi connectivity index (χ4n) is 4.36. The lowest BCUT2D eigenvalue weighted by atomic mass is 9.55.